The predicted molar refractivity (Wildman–Crippen MR) is 95.9 cm³/mol. The lowest BCUT2D eigenvalue weighted by atomic mass is 10.2. The summed E-state index contributed by atoms with van der Waals surface area (Å²) in [5.41, 5.74) is 1.37. The van der Waals surface area contributed by atoms with Crippen molar-refractivity contribution in [3.8, 4) is 11.5 Å². The number of hydrogen-bond donors (Lipinski definition) is 1. The van der Waals surface area contributed by atoms with E-state index in [0.717, 1.165) is 4.47 Å². The number of hydrogen-bond acceptors (Lipinski definition) is 5. The number of oxime groups is 1. The van der Waals surface area contributed by atoms with Crippen molar-refractivity contribution >= 4 is 33.7 Å². The summed E-state index contributed by atoms with van der Waals surface area (Å²) in [4.78, 5) is 16.8. The van der Waals surface area contributed by atoms with Crippen molar-refractivity contribution in [1.29, 1.82) is 0 Å². The van der Waals surface area contributed by atoms with E-state index < -0.39 is 0 Å². The Labute approximate surface area is 148 Å². The molecule has 1 N–H and O–H groups in total. The third kappa shape index (κ3) is 5.27. The molecule has 2 aromatic carbocycles. The first-order chi connectivity index (χ1) is 11.6. The van der Waals surface area contributed by atoms with Crippen molar-refractivity contribution in [1.82, 2.24) is 0 Å². The third-order valence-electron chi connectivity index (χ3n) is 3.03. The number of rotatable bonds is 7. The zero-order valence-corrected chi connectivity index (χ0v) is 14.9. The molecule has 0 aromatic heterocycles. The zero-order chi connectivity index (χ0) is 17.4. The van der Waals surface area contributed by atoms with Gasteiger partial charge >= 0.3 is 0 Å². The van der Waals surface area contributed by atoms with Crippen LogP contribution in [0, 0.1) is 0 Å². The summed E-state index contributed by atoms with van der Waals surface area (Å²) < 4.78 is 11.3. The number of methoxy groups -OCH3 is 2. The summed E-state index contributed by atoms with van der Waals surface area (Å²) in [6.07, 6.45) is 1.47. The average Bonchev–Trinajstić information content (AvgIpc) is 2.60. The molecular weight excluding hydrogens is 376 g/mol. The molecule has 6 nitrogen and oxygen atoms in total. The van der Waals surface area contributed by atoms with Gasteiger partial charge in [-0.1, -0.05) is 21.1 Å². The second-order valence-electron chi connectivity index (χ2n) is 4.67. The van der Waals surface area contributed by atoms with E-state index in [0.29, 0.717) is 22.7 Å². The summed E-state index contributed by atoms with van der Waals surface area (Å²) in [6.45, 7) is -0.196. The Bertz CT molecular complexity index is 717. The minimum Gasteiger partial charge on any atom is -0.497 e. The number of halogens is 1. The molecule has 2 rings (SSSR count). The van der Waals surface area contributed by atoms with E-state index in [4.69, 9.17) is 14.3 Å². The average molecular weight is 393 g/mol. The van der Waals surface area contributed by atoms with Gasteiger partial charge in [0.05, 0.1) is 20.4 Å². The molecule has 0 saturated carbocycles. The molecule has 0 aliphatic carbocycles. The number of ether oxygens (including phenoxy) is 2. The Balaban J connectivity index is 1.88. The van der Waals surface area contributed by atoms with Gasteiger partial charge in [-0.15, -0.1) is 0 Å². The second kappa shape index (κ2) is 8.93. The van der Waals surface area contributed by atoms with Crippen molar-refractivity contribution in [3.05, 3.63) is 52.5 Å². The summed E-state index contributed by atoms with van der Waals surface area (Å²) >= 11 is 3.33. The molecule has 1 amide bonds. The van der Waals surface area contributed by atoms with Crippen LogP contribution in [0.15, 0.2) is 52.1 Å². The summed E-state index contributed by atoms with van der Waals surface area (Å²) in [5, 5.41) is 6.50. The maximum Gasteiger partial charge on any atom is 0.265 e. The van der Waals surface area contributed by atoms with E-state index in [9.17, 15) is 4.79 Å². The molecule has 0 atom stereocenters. The van der Waals surface area contributed by atoms with E-state index in [1.807, 2.05) is 12.1 Å². The van der Waals surface area contributed by atoms with Gasteiger partial charge in [0.1, 0.15) is 11.5 Å². The predicted octanol–water partition coefficient (Wildman–Crippen LogP) is 3.46. The van der Waals surface area contributed by atoms with Crippen LogP contribution in [0.25, 0.3) is 0 Å². The molecule has 0 aliphatic heterocycles. The van der Waals surface area contributed by atoms with E-state index in [-0.39, 0.29) is 12.5 Å². The van der Waals surface area contributed by atoms with Gasteiger partial charge in [-0.2, -0.15) is 0 Å². The Hall–Kier alpha value is -2.54. The number of nitrogens with zero attached hydrogens (tertiary/aromatic N) is 1. The number of carbonyl (C=O) groups is 1. The summed E-state index contributed by atoms with van der Waals surface area (Å²) in [7, 11) is 3.14. The highest BCUT2D eigenvalue weighted by atomic mass is 79.9. The molecule has 24 heavy (non-hydrogen) atoms. The lowest BCUT2D eigenvalue weighted by Crippen LogP contribution is -2.16. The molecule has 0 radical (unpaired) electrons. The molecule has 0 saturated heterocycles. The van der Waals surface area contributed by atoms with Gasteiger partial charge < -0.3 is 19.6 Å². The molecule has 7 heteroatoms. The second-order valence-corrected chi connectivity index (χ2v) is 5.59. The van der Waals surface area contributed by atoms with Crippen LogP contribution in [0.4, 0.5) is 5.69 Å². The largest absolute Gasteiger partial charge is 0.497 e. The fourth-order valence-electron chi connectivity index (χ4n) is 1.86. The number of benzene rings is 2. The first-order valence-corrected chi connectivity index (χ1v) is 7.84. The van der Waals surface area contributed by atoms with E-state index in [1.54, 1.807) is 44.6 Å². The first-order valence-electron chi connectivity index (χ1n) is 7.05. The molecule has 0 spiro atoms. The van der Waals surface area contributed by atoms with Crippen LogP contribution in [-0.4, -0.2) is 32.9 Å². The Morgan fingerprint density at radius 3 is 2.58 bits per heavy atom. The fourth-order valence-corrected chi connectivity index (χ4v) is 2.12. The molecule has 0 aliphatic rings. The van der Waals surface area contributed by atoms with Crippen LogP contribution >= 0.6 is 15.9 Å². The first kappa shape index (κ1) is 17.8. The summed E-state index contributed by atoms with van der Waals surface area (Å²) in [6, 6.07) is 12.5. The quantitative estimate of drug-likeness (QED) is 0.578. The van der Waals surface area contributed by atoms with Crippen LogP contribution in [0.3, 0.4) is 0 Å². The molecule has 0 fully saturated rings. The van der Waals surface area contributed by atoms with Gasteiger partial charge in [-0.05, 0) is 42.5 Å². The Morgan fingerprint density at radius 1 is 1.17 bits per heavy atom. The molecule has 2 aromatic rings. The number of carbonyl (C=O) groups excluding carboxylic acids is 1. The molecule has 0 unspecified atom stereocenters. The minimum absolute atomic E-state index is 0.196. The van der Waals surface area contributed by atoms with Gasteiger partial charge in [-0.3, -0.25) is 4.79 Å². The smallest absolute Gasteiger partial charge is 0.265 e. The SMILES string of the molecule is COc1ccc(OC)c(/C=N\OCC(=O)Nc2ccc(Br)cc2)c1. The van der Waals surface area contributed by atoms with Crippen molar-refractivity contribution in [3.63, 3.8) is 0 Å². The minimum atomic E-state index is -0.299. The number of anilines is 1. The maximum atomic E-state index is 11.8. The van der Waals surface area contributed by atoms with E-state index in [2.05, 4.69) is 26.4 Å². The van der Waals surface area contributed by atoms with Gasteiger partial charge in [0, 0.05) is 15.7 Å². The van der Waals surface area contributed by atoms with Crippen LogP contribution in [0.2, 0.25) is 0 Å². The van der Waals surface area contributed by atoms with Gasteiger partial charge in [0.2, 0.25) is 0 Å². The monoisotopic (exact) mass is 392 g/mol. The van der Waals surface area contributed by atoms with E-state index >= 15 is 0 Å². The van der Waals surface area contributed by atoms with Crippen LogP contribution < -0.4 is 14.8 Å². The highest BCUT2D eigenvalue weighted by Crippen LogP contribution is 2.22. The molecule has 0 heterocycles. The van der Waals surface area contributed by atoms with Gasteiger partial charge in [0.25, 0.3) is 5.91 Å². The van der Waals surface area contributed by atoms with Crippen LogP contribution in [0.5, 0.6) is 11.5 Å². The number of nitrogens with one attached hydrogen (secondary N) is 1. The molecule has 126 valence electrons. The lowest BCUT2D eigenvalue weighted by molar-refractivity contribution is -0.120. The van der Waals surface area contributed by atoms with E-state index in [1.165, 1.54) is 6.21 Å². The highest BCUT2D eigenvalue weighted by Gasteiger charge is 2.04. The van der Waals surface area contributed by atoms with Crippen molar-refractivity contribution in [2.75, 3.05) is 26.1 Å². The van der Waals surface area contributed by atoms with Gasteiger partial charge in [0.15, 0.2) is 6.61 Å². The standard InChI is InChI=1S/C17H17BrN2O4/c1-22-15-7-8-16(23-2)12(9-15)10-19-24-11-17(21)20-14-5-3-13(18)4-6-14/h3-10H,11H2,1-2H3,(H,20,21)/b19-10-. The molecule has 0 bridgehead atoms. The van der Waals surface area contributed by atoms with Crippen molar-refractivity contribution in [2.24, 2.45) is 5.16 Å². The fraction of sp³-hybridized carbons (Fsp3) is 0.176. The third-order valence-corrected chi connectivity index (χ3v) is 3.56. The van der Waals surface area contributed by atoms with Crippen molar-refractivity contribution < 1.29 is 19.1 Å². The van der Waals surface area contributed by atoms with Crippen LogP contribution in [0.1, 0.15) is 5.56 Å². The van der Waals surface area contributed by atoms with Crippen LogP contribution in [-0.2, 0) is 9.63 Å². The zero-order valence-electron chi connectivity index (χ0n) is 13.3. The van der Waals surface area contributed by atoms with Crippen molar-refractivity contribution in [2.45, 2.75) is 0 Å². The lowest BCUT2D eigenvalue weighted by Gasteiger charge is -2.07. The maximum absolute atomic E-state index is 11.8. The Kier molecular flexibility index (Phi) is 6.62. The van der Waals surface area contributed by atoms with Gasteiger partial charge in [-0.25, -0.2) is 0 Å². The highest BCUT2D eigenvalue weighted by molar-refractivity contribution is 9.10. The Morgan fingerprint density at radius 2 is 1.92 bits per heavy atom. The normalized spacial score (nSPS) is 10.5. The topological polar surface area (TPSA) is 69.1 Å². The molecular formula is C17H17BrN2O4. The summed E-state index contributed by atoms with van der Waals surface area (Å²) in [5.74, 6) is 1.000. The number of amides is 1.